The van der Waals surface area contributed by atoms with Crippen LogP contribution in [-0.2, 0) is 4.79 Å². The molecule has 1 fully saturated rings. The highest BCUT2D eigenvalue weighted by Gasteiger charge is 2.31. The Morgan fingerprint density at radius 2 is 2.22 bits per heavy atom. The molecule has 0 bridgehead atoms. The number of ketones is 1. The van der Waals surface area contributed by atoms with Crippen molar-refractivity contribution in [2.45, 2.75) is 19.4 Å². The molecule has 1 amide bonds. The molecule has 0 spiro atoms. The zero-order chi connectivity index (χ0) is 13.3. The van der Waals surface area contributed by atoms with Crippen LogP contribution >= 0.6 is 15.9 Å². The van der Waals surface area contributed by atoms with Crippen LogP contribution < -0.4 is 4.74 Å². The van der Waals surface area contributed by atoms with E-state index in [0.717, 1.165) is 4.47 Å². The van der Waals surface area contributed by atoms with Crippen molar-refractivity contribution in [1.82, 2.24) is 4.90 Å². The van der Waals surface area contributed by atoms with Crippen LogP contribution in [0.2, 0.25) is 0 Å². The molecule has 1 aromatic rings. The zero-order valence-electron chi connectivity index (χ0n) is 10.3. The van der Waals surface area contributed by atoms with E-state index in [-0.39, 0.29) is 11.7 Å². The molecule has 1 aliphatic heterocycles. The van der Waals surface area contributed by atoms with Gasteiger partial charge in [-0.15, -0.1) is 0 Å². The Bertz CT molecular complexity index is 501. The molecule has 18 heavy (non-hydrogen) atoms. The van der Waals surface area contributed by atoms with Gasteiger partial charge in [0.1, 0.15) is 5.75 Å². The Morgan fingerprint density at radius 3 is 2.78 bits per heavy atom. The molecule has 1 heterocycles. The third-order valence-electron chi connectivity index (χ3n) is 2.97. The van der Waals surface area contributed by atoms with E-state index in [1.54, 1.807) is 30.1 Å². The number of likely N-dealkylation sites (tertiary alicyclic amines) is 1. The molecule has 0 aromatic heterocycles. The number of halogens is 1. The van der Waals surface area contributed by atoms with Crippen LogP contribution in [0.1, 0.15) is 23.7 Å². The van der Waals surface area contributed by atoms with Crippen molar-refractivity contribution in [3.05, 3.63) is 28.2 Å². The van der Waals surface area contributed by atoms with Gasteiger partial charge in [0, 0.05) is 24.5 Å². The van der Waals surface area contributed by atoms with E-state index in [2.05, 4.69) is 15.9 Å². The van der Waals surface area contributed by atoms with Crippen molar-refractivity contribution in [2.75, 3.05) is 13.6 Å². The van der Waals surface area contributed by atoms with Gasteiger partial charge in [0.15, 0.2) is 11.9 Å². The summed E-state index contributed by atoms with van der Waals surface area (Å²) in [6.45, 7) is 2.17. The summed E-state index contributed by atoms with van der Waals surface area (Å²) in [4.78, 5) is 24.9. The van der Waals surface area contributed by atoms with Gasteiger partial charge in [-0.25, -0.2) is 0 Å². The van der Waals surface area contributed by atoms with E-state index in [1.165, 1.54) is 6.92 Å². The molecule has 1 aromatic carbocycles. The lowest BCUT2D eigenvalue weighted by atomic mass is 10.1. The molecule has 96 valence electrons. The highest BCUT2D eigenvalue weighted by Crippen LogP contribution is 2.27. The summed E-state index contributed by atoms with van der Waals surface area (Å²) in [6, 6.07) is 5.21. The summed E-state index contributed by atoms with van der Waals surface area (Å²) < 4.78 is 6.51. The highest BCUT2D eigenvalue weighted by molar-refractivity contribution is 9.10. The molecule has 5 heteroatoms. The monoisotopic (exact) mass is 311 g/mol. The molecule has 4 nitrogen and oxygen atoms in total. The summed E-state index contributed by atoms with van der Waals surface area (Å²) in [7, 11) is 1.75. The number of carbonyl (C=O) groups is 2. The van der Waals surface area contributed by atoms with Gasteiger partial charge in [-0.3, -0.25) is 9.59 Å². The van der Waals surface area contributed by atoms with Gasteiger partial charge in [-0.2, -0.15) is 0 Å². The summed E-state index contributed by atoms with van der Waals surface area (Å²) in [6.07, 6.45) is 0.168. The number of rotatable bonds is 3. The number of ether oxygens (including phenoxy) is 1. The number of Topliss-reactive ketones (excluding diaryl/α,β-unsaturated/α-hetero) is 1. The van der Waals surface area contributed by atoms with Crippen LogP contribution in [0.15, 0.2) is 22.7 Å². The smallest absolute Gasteiger partial charge is 0.263 e. The first-order valence-corrected chi connectivity index (χ1v) is 6.50. The predicted octanol–water partition coefficient (Wildman–Crippen LogP) is 2.26. The summed E-state index contributed by atoms with van der Waals surface area (Å²) >= 11 is 3.34. The van der Waals surface area contributed by atoms with Crippen LogP contribution in [0.3, 0.4) is 0 Å². The lowest BCUT2D eigenvalue weighted by Gasteiger charge is -2.15. The van der Waals surface area contributed by atoms with E-state index in [1.807, 2.05) is 0 Å². The molecule has 1 aliphatic rings. The van der Waals surface area contributed by atoms with Gasteiger partial charge in [0.2, 0.25) is 0 Å². The van der Waals surface area contributed by atoms with Crippen molar-refractivity contribution < 1.29 is 14.3 Å². The largest absolute Gasteiger partial charge is 0.480 e. The first-order chi connectivity index (χ1) is 8.49. The maximum atomic E-state index is 11.8. The molecule has 0 aliphatic carbocycles. The molecular formula is C13H14BrNO3. The van der Waals surface area contributed by atoms with Gasteiger partial charge in [-0.05, 0) is 25.1 Å². The minimum absolute atomic E-state index is 0.0375. The van der Waals surface area contributed by atoms with Gasteiger partial charge in [0.25, 0.3) is 5.91 Å². The zero-order valence-corrected chi connectivity index (χ0v) is 11.9. The number of hydrogen-bond acceptors (Lipinski definition) is 3. The van der Waals surface area contributed by atoms with E-state index in [0.29, 0.717) is 24.3 Å². The second-order valence-corrected chi connectivity index (χ2v) is 5.27. The lowest BCUT2D eigenvalue weighted by Crippen LogP contribution is -2.29. The fourth-order valence-electron chi connectivity index (χ4n) is 1.94. The van der Waals surface area contributed by atoms with Crippen molar-refractivity contribution >= 4 is 27.6 Å². The Kier molecular flexibility index (Phi) is 3.71. The van der Waals surface area contributed by atoms with Gasteiger partial charge in [0.05, 0.1) is 5.56 Å². The minimum atomic E-state index is -0.484. The summed E-state index contributed by atoms with van der Waals surface area (Å²) in [5.41, 5.74) is 0.501. The van der Waals surface area contributed by atoms with Crippen LogP contribution in [0.5, 0.6) is 5.75 Å². The van der Waals surface area contributed by atoms with Crippen LogP contribution in [0, 0.1) is 0 Å². The lowest BCUT2D eigenvalue weighted by molar-refractivity contribution is -0.132. The number of benzene rings is 1. The third-order valence-corrected chi connectivity index (χ3v) is 3.46. The topological polar surface area (TPSA) is 46.6 Å². The highest BCUT2D eigenvalue weighted by atomic mass is 79.9. The van der Waals surface area contributed by atoms with Gasteiger partial charge < -0.3 is 9.64 Å². The van der Waals surface area contributed by atoms with Crippen molar-refractivity contribution in [2.24, 2.45) is 0 Å². The Labute approximate surface area is 114 Å². The summed E-state index contributed by atoms with van der Waals surface area (Å²) in [5.74, 6) is 0.353. The van der Waals surface area contributed by atoms with Crippen LogP contribution in [0.25, 0.3) is 0 Å². The van der Waals surface area contributed by atoms with Gasteiger partial charge in [-0.1, -0.05) is 15.9 Å². The fourth-order valence-corrected chi connectivity index (χ4v) is 2.28. The van der Waals surface area contributed by atoms with Crippen LogP contribution in [0.4, 0.5) is 0 Å². The minimum Gasteiger partial charge on any atom is -0.480 e. The average Bonchev–Trinajstić information content (AvgIpc) is 2.61. The summed E-state index contributed by atoms with van der Waals surface area (Å²) in [5, 5.41) is 0. The second-order valence-electron chi connectivity index (χ2n) is 4.35. The Morgan fingerprint density at radius 1 is 1.50 bits per heavy atom. The number of likely N-dealkylation sites (N-methyl/N-ethyl adjacent to an activating group) is 1. The third kappa shape index (κ3) is 2.56. The van der Waals surface area contributed by atoms with E-state index >= 15 is 0 Å². The van der Waals surface area contributed by atoms with E-state index in [9.17, 15) is 9.59 Å². The average molecular weight is 312 g/mol. The number of hydrogen-bond donors (Lipinski definition) is 0. The molecule has 1 saturated heterocycles. The van der Waals surface area contributed by atoms with Crippen LogP contribution in [-0.4, -0.2) is 36.3 Å². The predicted molar refractivity (Wildman–Crippen MR) is 70.8 cm³/mol. The molecule has 1 atom stereocenters. The molecule has 1 unspecified atom stereocenters. The molecular weight excluding hydrogens is 298 g/mol. The quantitative estimate of drug-likeness (QED) is 0.804. The van der Waals surface area contributed by atoms with E-state index in [4.69, 9.17) is 4.74 Å². The maximum absolute atomic E-state index is 11.8. The maximum Gasteiger partial charge on any atom is 0.263 e. The normalized spacial score (nSPS) is 19.2. The van der Waals surface area contributed by atoms with E-state index < -0.39 is 6.10 Å². The first kappa shape index (κ1) is 13.1. The molecule has 0 saturated carbocycles. The van der Waals surface area contributed by atoms with Crippen molar-refractivity contribution in [1.29, 1.82) is 0 Å². The molecule has 0 radical (unpaired) electrons. The molecule has 0 N–H and O–H groups in total. The molecule has 2 rings (SSSR count). The fraction of sp³-hybridized carbons (Fsp3) is 0.385. The number of nitrogens with zero attached hydrogens (tertiary/aromatic N) is 1. The number of carbonyl (C=O) groups excluding carboxylic acids is 2. The Balaban J connectivity index is 2.25. The van der Waals surface area contributed by atoms with Gasteiger partial charge >= 0.3 is 0 Å². The first-order valence-electron chi connectivity index (χ1n) is 5.71. The second kappa shape index (κ2) is 5.10. The SMILES string of the molecule is CC(=O)c1ccc(Br)cc1OC1CCN(C)C1=O. The number of amides is 1. The standard InChI is InChI=1S/C13H14BrNO3/c1-8(16)10-4-3-9(14)7-12(10)18-11-5-6-15(2)13(11)17/h3-4,7,11H,5-6H2,1-2H3. The Hall–Kier alpha value is -1.36. The van der Waals surface area contributed by atoms with Crippen molar-refractivity contribution in [3.8, 4) is 5.75 Å². The van der Waals surface area contributed by atoms with Crippen molar-refractivity contribution in [3.63, 3.8) is 0 Å².